The molecule has 1 aromatic heterocycles. The number of ether oxygens (including phenoxy) is 1. The third-order valence-electron chi connectivity index (χ3n) is 5.28. The maximum absolute atomic E-state index is 13.7. The van der Waals surface area contributed by atoms with Crippen LogP contribution in [-0.4, -0.2) is 27.9 Å². The highest BCUT2D eigenvalue weighted by Crippen LogP contribution is 2.45. The highest BCUT2D eigenvalue weighted by atomic mass is 19.3. The number of rotatable bonds is 4. The summed E-state index contributed by atoms with van der Waals surface area (Å²) in [5.74, 6) is -3.91. The van der Waals surface area contributed by atoms with Crippen LogP contribution in [0.5, 0.6) is 0 Å². The lowest BCUT2D eigenvalue weighted by Crippen LogP contribution is -2.43. The molecule has 2 aliphatic carbocycles. The first-order valence-electron chi connectivity index (χ1n) is 9.11. The van der Waals surface area contributed by atoms with E-state index in [2.05, 4.69) is 10.4 Å². The number of nitrogens with zero attached hydrogens (tertiary/aromatic N) is 2. The van der Waals surface area contributed by atoms with Gasteiger partial charge in [0.1, 0.15) is 17.7 Å². The van der Waals surface area contributed by atoms with E-state index in [4.69, 9.17) is 4.74 Å². The zero-order valence-electron chi connectivity index (χ0n) is 15.1. The molecule has 1 N–H and O–H groups in total. The van der Waals surface area contributed by atoms with Gasteiger partial charge in [-0.1, -0.05) is 6.42 Å². The number of carbonyl (C=O) groups is 1. The molecule has 2 aliphatic rings. The maximum atomic E-state index is 13.7. The third kappa shape index (κ3) is 3.57. The largest absolute Gasteiger partial charge is 0.445 e. The lowest BCUT2D eigenvalue weighted by Gasteiger charge is -2.34. The minimum Gasteiger partial charge on any atom is -0.445 e. The van der Waals surface area contributed by atoms with Crippen LogP contribution in [0.25, 0.3) is 11.3 Å². The SMILES string of the molecule is Cn1nc(NC(=O)OC2CC(F)(F)C2)c(C2CCC2)c1-c1cc(F)cc(F)c1. The first-order valence-corrected chi connectivity index (χ1v) is 9.11. The van der Waals surface area contributed by atoms with Gasteiger partial charge < -0.3 is 4.74 Å². The molecular formula is C19H19F4N3O2. The van der Waals surface area contributed by atoms with Crippen LogP contribution in [0.2, 0.25) is 0 Å². The summed E-state index contributed by atoms with van der Waals surface area (Å²) in [5.41, 5.74) is 1.50. The van der Waals surface area contributed by atoms with Gasteiger partial charge in [-0.05, 0) is 30.9 Å². The highest BCUT2D eigenvalue weighted by molar-refractivity contribution is 5.87. The van der Waals surface area contributed by atoms with Crippen molar-refractivity contribution in [2.45, 2.75) is 50.0 Å². The molecule has 0 atom stereocenters. The smallest absolute Gasteiger partial charge is 0.413 e. The van der Waals surface area contributed by atoms with E-state index in [1.807, 2.05) is 0 Å². The molecule has 2 aromatic rings. The van der Waals surface area contributed by atoms with Gasteiger partial charge in [0.25, 0.3) is 5.92 Å². The molecule has 0 aliphatic heterocycles. The van der Waals surface area contributed by atoms with E-state index in [-0.39, 0.29) is 11.7 Å². The van der Waals surface area contributed by atoms with E-state index in [1.54, 1.807) is 7.05 Å². The number of alkyl halides is 2. The van der Waals surface area contributed by atoms with Crippen LogP contribution in [0, 0.1) is 11.6 Å². The van der Waals surface area contributed by atoms with E-state index in [9.17, 15) is 22.4 Å². The average Bonchev–Trinajstić information content (AvgIpc) is 2.78. The molecule has 4 rings (SSSR count). The molecule has 0 unspecified atom stereocenters. The van der Waals surface area contributed by atoms with Crippen molar-refractivity contribution >= 4 is 11.9 Å². The van der Waals surface area contributed by atoms with Crippen LogP contribution < -0.4 is 5.32 Å². The maximum Gasteiger partial charge on any atom is 0.413 e. The minimum absolute atomic E-state index is 0.0818. The highest BCUT2D eigenvalue weighted by Gasteiger charge is 2.47. The van der Waals surface area contributed by atoms with E-state index in [0.29, 0.717) is 16.8 Å². The Morgan fingerprint density at radius 1 is 1.21 bits per heavy atom. The second kappa shape index (κ2) is 6.79. The van der Waals surface area contributed by atoms with Crippen LogP contribution >= 0.6 is 0 Å². The monoisotopic (exact) mass is 397 g/mol. The minimum atomic E-state index is -2.79. The number of aryl methyl sites for hydroxylation is 1. The number of aromatic nitrogens is 2. The number of carbonyl (C=O) groups excluding carboxylic acids is 1. The predicted molar refractivity (Wildman–Crippen MR) is 93.2 cm³/mol. The van der Waals surface area contributed by atoms with Crippen LogP contribution in [0.4, 0.5) is 28.2 Å². The van der Waals surface area contributed by atoms with Crippen molar-refractivity contribution in [3.05, 3.63) is 35.4 Å². The summed E-state index contributed by atoms with van der Waals surface area (Å²) in [6.45, 7) is 0. The van der Waals surface area contributed by atoms with Gasteiger partial charge in [-0.2, -0.15) is 5.10 Å². The number of anilines is 1. The molecule has 0 radical (unpaired) electrons. The van der Waals surface area contributed by atoms with Gasteiger partial charge in [-0.25, -0.2) is 22.4 Å². The number of benzene rings is 1. The van der Waals surface area contributed by atoms with Crippen molar-refractivity contribution in [2.24, 2.45) is 7.05 Å². The summed E-state index contributed by atoms with van der Waals surface area (Å²) in [7, 11) is 1.61. The first-order chi connectivity index (χ1) is 13.2. The number of hydrogen-bond acceptors (Lipinski definition) is 3. The molecule has 5 nitrogen and oxygen atoms in total. The quantitative estimate of drug-likeness (QED) is 0.741. The number of halogens is 4. The summed E-state index contributed by atoms with van der Waals surface area (Å²) in [5, 5.41) is 6.80. The van der Waals surface area contributed by atoms with E-state index in [0.717, 1.165) is 25.3 Å². The molecule has 150 valence electrons. The van der Waals surface area contributed by atoms with Gasteiger partial charge in [0.2, 0.25) is 0 Å². The van der Waals surface area contributed by atoms with Gasteiger partial charge in [0, 0.05) is 37.1 Å². The van der Waals surface area contributed by atoms with Gasteiger partial charge in [0.15, 0.2) is 5.82 Å². The zero-order chi connectivity index (χ0) is 20.1. The molecule has 9 heteroatoms. The lowest BCUT2D eigenvalue weighted by molar-refractivity contribution is -0.142. The fourth-order valence-electron chi connectivity index (χ4n) is 3.72. The Morgan fingerprint density at radius 2 is 1.86 bits per heavy atom. The summed E-state index contributed by atoms with van der Waals surface area (Å²) < 4.78 is 59.7. The second-order valence-corrected chi connectivity index (χ2v) is 7.44. The first kappa shape index (κ1) is 18.8. The molecule has 28 heavy (non-hydrogen) atoms. The fraction of sp³-hybridized carbons (Fsp3) is 0.474. The summed E-state index contributed by atoms with van der Waals surface area (Å²) >= 11 is 0. The molecule has 1 heterocycles. The van der Waals surface area contributed by atoms with E-state index >= 15 is 0 Å². The molecule has 1 aromatic carbocycles. The average molecular weight is 397 g/mol. The molecule has 0 spiro atoms. The van der Waals surface area contributed by atoms with Gasteiger partial charge in [-0.15, -0.1) is 0 Å². The van der Waals surface area contributed by atoms with Crippen molar-refractivity contribution in [1.29, 1.82) is 0 Å². The Labute approximate surface area is 158 Å². The van der Waals surface area contributed by atoms with E-state index in [1.165, 1.54) is 16.8 Å². The van der Waals surface area contributed by atoms with Crippen LogP contribution in [0.1, 0.15) is 43.6 Å². The molecule has 1 amide bonds. The van der Waals surface area contributed by atoms with Gasteiger partial charge in [0.05, 0.1) is 5.69 Å². The van der Waals surface area contributed by atoms with Crippen LogP contribution in [0.15, 0.2) is 18.2 Å². The zero-order valence-corrected chi connectivity index (χ0v) is 15.1. The molecular weight excluding hydrogens is 378 g/mol. The van der Waals surface area contributed by atoms with Crippen molar-refractivity contribution in [2.75, 3.05) is 5.32 Å². The summed E-state index contributed by atoms with van der Waals surface area (Å²) in [6, 6.07) is 3.20. The van der Waals surface area contributed by atoms with Crippen molar-refractivity contribution < 1.29 is 27.1 Å². The summed E-state index contributed by atoms with van der Waals surface area (Å²) in [4.78, 5) is 12.1. The predicted octanol–water partition coefficient (Wildman–Crippen LogP) is 4.98. The Balaban J connectivity index is 1.62. The van der Waals surface area contributed by atoms with Gasteiger partial charge >= 0.3 is 6.09 Å². The van der Waals surface area contributed by atoms with Crippen molar-refractivity contribution in [3.8, 4) is 11.3 Å². The Kier molecular flexibility index (Phi) is 4.55. The molecule has 0 saturated heterocycles. The second-order valence-electron chi connectivity index (χ2n) is 7.44. The Hall–Kier alpha value is -2.58. The van der Waals surface area contributed by atoms with Crippen LogP contribution in [0.3, 0.4) is 0 Å². The van der Waals surface area contributed by atoms with Crippen molar-refractivity contribution in [3.63, 3.8) is 0 Å². The van der Waals surface area contributed by atoms with Crippen molar-refractivity contribution in [1.82, 2.24) is 9.78 Å². The lowest BCUT2D eigenvalue weighted by atomic mass is 9.79. The summed E-state index contributed by atoms with van der Waals surface area (Å²) in [6.07, 6.45) is 0.0262. The normalized spacial score (nSPS) is 19.0. The van der Waals surface area contributed by atoms with Crippen LogP contribution in [-0.2, 0) is 11.8 Å². The number of hydrogen-bond donors (Lipinski definition) is 1. The Morgan fingerprint density at radius 3 is 2.39 bits per heavy atom. The number of nitrogens with one attached hydrogen (secondary N) is 1. The van der Waals surface area contributed by atoms with Gasteiger partial charge in [-0.3, -0.25) is 10.00 Å². The fourth-order valence-corrected chi connectivity index (χ4v) is 3.72. The number of amides is 1. The topological polar surface area (TPSA) is 56.2 Å². The van der Waals surface area contributed by atoms with E-state index < -0.39 is 42.6 Å². The molecule has 2 saturated carbocycles. The standard InChI is InChI=1S/C19H19F4N3O2/c1-26-16(11-5-12(20)7-13(21)6-11)15(10-3-2-4-10)17(25-26)24-18(27)28-14-8-19(22,23)9-14/h5-7,10,14H,2-4,8-9H2,1H3,(H,24,25,27). The third-order valence-corrected chi connectivity index (χ3v) is 5.28. The molecule has 0 bridgehead atoms. The molecule has 2 fully saturated rings. The Bertz CT molecular complexity index is 896.